The van der Waals surface area contributed by atoms with Gasteiger partial charge in [-0.3, -0.25) is 14.4 Å². The zero-order valence-corrected chi connectivity index (χ0v) is 25.9. The summed E-state index contributed by atoms with van der Waals surface area (Å²) in [6.45, 7) is 9.92. The van der Waals surface area contributed by atoms with Gasteiger partial charge in [0.25, 0.3) is 0 Å². The number of hydrogen-bond acceptors (Lipinski definition) is 10. The molecule has 0 saturated carbocycles. The molecule has 4 aliphatic rings. The van der Waals surface area contributed by atoms with Crippen LogP contribution in [0.25, 0.3) is 0 Å². The normalized spacial score (nSPS) is 28.3. The molecule has 0 aliphatic carbocycles. The van der Waals surface area contributed by atoms with Gasteiger partial charge in [0.15, 0.2) is 5.12 Å². The van der Waals surface area contributed by atoms with E-state index >= 15 is 0 Å². The van der Waals surface area contributed by atoms with Crippen LogP contribution in [0, 0.1) is 0 Å². The van der Waals surface area contributed by atoms with E-state index in [1.165, 1.54) is 11.8 Å². The van der Waals surface area contributed by atoms with Crippen molar-refractivity contribution in [2.75, 3.05) is 39.6 Å². The minimum absolute atomic E-state index is 0. The molecule has 0 aromatic carbocycles. The van der Waals surface area contributed by atoms with Gasteiger partial charge in [-0.1, -0.05) is 35.1 Å². The second-order valence-electron chi connectivity index (χ2n) is 8.55. The van der Waals surface area contributed by atoms with E-state index in [9.17, 15) is 14.4 Å². The van der Waals surface area contributed by atoms with Crippen molar-refractivity contribution >= 4 is 56.5 Å². The maximum absolute atomic E-state index is 11.5. The predicted octanol–water partition coefficient (Wildman–Crippen LogP) is 1.60. The molecule has 4 heterocycles. The first kappa shape index (κ1) is 37.8. The molecule has 4 saturated heterocycles. The van der Waals surface area contributed by atoms with Crippen LogP contribution in [0.15, 0.2) is 0 Å². The summed E-state index contributed by atoms with van der Waals surface area (Å²) < 4.78 is 19.5. The van der Waals surface area contributed by atoms with Gasteiger partial charge in [-0.05, 0) is 39.5 Å². The van der Waals surface area contributed by atoms with Crippen molar-refractivity contribution in [3.05, 3.63) is 0 Å². The Morgan fingerprint density at radius 1 is 0.857 bits per heavy atom. The third kappa shape index (κ3) is 13.9. The van der Waals surface area contributed by atoms with Crippen LogP contribution in [0.5, 0.6) is 0 Å². The van der Waals surface area contributed by atoms with E-state index in [1.54, 1.807) is 18.7 Å². The van der Waals surface area contributed by atoms with Crippen LogP contribution in [-0.2, 0) is 33.3 Å². The molecule has 4 fully saturated rings. The Kier molecular flexibility index (Phi) is 20.4. The molecular weight excluding hydrogens is 571 g/mol. The summed E-state index contributed by atoms with van der Waals surface area (Å²) in [7, 11) is 0. The van der Waals surface area contributed by atoms with Crippen molar-refractivity contribution < 1.29 is 68.4 Å². The van der Waals surface area contributed by atoms with E-state index in [4.69, 9.17) is 14.2 Å². The van der Waals surface area contributed by atoms with Gasteiger partial charge in [-0.15, -0.1) is 11.8 Å². The Morgan fingerprint density at radius 3 is 1.66 bits per heavy atom. The first-order valence-corrected chi connectivity index (χ1v) is 13.7. The molecule has 0 radical (unpaired) electrons. The van der Waals surface area contributed by atoms with E-state index < -0.39 is 4.32 Å². The number of carbonyl (C=O) groups is 3. The SMILES string of the molecule is C.CC(=O)SC1CCOCC1.CC1(Br)CCOC1=O.CC1(SC2CCOCC2)CCOC1=O.[Na+].[OH-]. The quantitative estimate of drug-likeness (QED) is 0.265. The minimum Gasteiger partial charge on any atom is -0.870 e. The topological polar surface area (TPSA) is 118 Å². The monoisotopic (exact) mass is 610 g/mol. The maximum atomic E-state index is 11.5. The molecule has 0 aromatic rings. The van der Waals surface area contributed by atoms with Gasteiger partial charge in [0.1, 0.15) is 9.07 Å². The number of esters is 2. The van der Waals surface area contributed by atoms with Crippen LogP contribution < -0.4 is 29.6 Å². The third-order valence-corrected chi connectivity index (χ3v) is 9.12. The molecule has 200 valence electrons. The zero-order valence-electron chi connectivity index (χ0n) is 20.6. The van der Waals surface area contributed by atoms with E-state index in [0.29, 0.717) is 23.7 Å². The van der Waals surface area contributed by atoms with E-state index in [0.717, 1.165) is 65.0 Å². The van der Waals surface area contributed by atoms with Gasteiger partial charge < -0.3 is 24.4 Å². The van der Waals surface area contributed by atoms with Crippen molar-refractivity contribution in [1.82, 2.24) is 0 Å². The number of cyclic esters (lactones) is 2. The van der Waals surface area contributed by atoms with Crippen molar-refractivity contribution in [2.24, 2.45) is 0 Å². The maximum Gasteiger partial charge on any atom is 1.00 e. The molecule has 2 atom stereocenters. The van der Waals surface area contributed by atoms with Crippen molar-refractivity contribution in [2.45, 2.75) is 86.3 Å². The number of rotatable bonds is 3. The molecule has 0 aromatic heterocycles. The van der Waals surface area contributed by atoms with Crippen molar-refractivity contribution in [1.29, 1.82) is 0 Å². The second kappa shape index (κ2) is 18.8. The van der Waals surface area contributed by atoms with Crippen LogP contribution in [0.4, 0.5) is 0 Å². The molecule has 0 amide bonds. The van der Waals surface area contributed by atoms with Crippen molar-refractivity contribution in [3.63, 3.8) is 0 Å². The van der Waals surface area contributed by atoms with E-state index in [-0.39, 0.29) is 64.3 Å². The number of halogens is 1. The first-order valence-electron chi connectivity index (χ1n) is 11.2. The second-order valence-corrected chi connectivity index (χ2v) is 13.6. The van der Waals surface area contributed by atoms with E-state index in [2.05, 4.69) is 20.7 Å². The number of carbonyl (C=O) groups excluding carboxylic acids is 3. The van der Waals surface area contributed by atoms with Gasteiger partial charge >= 0.3 is 41.5 Å². The zero-order chi connectivity index (χ0) is 23.6. The molecule has 4 rings (SSSR count). The largest absolute Gasteiger partial charge is 1.00 e. The number of ether oxygens (including phenoxy) is 4. The van der Waals surface area contributed by atoms with Crippen LogP contribution in [0.2, 0.25) is 0 Å². The van der Waals surface area contributed by atoms with Gasteiger partial charge in [-0.25, -0.2) is 0 Å². The standard InChI is InChI=1S/C10H16O3S.C7H12O2S.C5H7BrO2.CH4.Na.H2O/c1-10(4-7-13-9(10)11)14-8-2-5-12-6-3-8;1-6(8)10-7-2-4-9-5-3-7;1-5(6)2-3-8-4(5)7;;;/h8H,2-7H2,1H3;7H,2-5H2,1H3;2-3H2,1H3;1H4;;1H2/q;;;;+1;/p-1. The summed E-state index contributed by atoms with van der Waals surface area (Å²) in [4.78, 5) is 32.8. The molecule has 12 heteroatoms. The summed E-state index contributed by atoms with van der Waals surface area (Å²) >= 11 is 6.47. The van der Waals surface area contributed by atoms with Gasteiger partial charge in [0.2, 0.25) is 0 Å². The molecule has 2 unspecified atom stereocenters. The molecular formula is C23H40BrNaO8S2. The van der Waals surface area contributed by atoms with Crippen LogP contribution >= 0.6 is 39.5 Å². The molecule has 1 N–H and O–H groups in total. The van der Waals surface area contributed by atoms with Gasteiger partial charge in [0, 0.05) is 56.7 Å². The number of alkyl halides is 1. The number of thioether (sulfide) groups is 2. The molecule has 8 nitrogen and oxygen atoms in total. The molecule has 35 heavy (non-hydrogen) atoms. The summed E-state index contributed by atoms with van der Waals surface area (Å²) in [5, 5.41) is 1.32. The van der Waals surface area contributed by atoms with Crippen molar-refractivity contribution in [3.8, 4) is 0 Å². The third-order valence-electron chi connectivity index (χ3n) is 5.57. The fourth-order valence-corrected chi connectivity index (χ4v) is 6.17. The Balaban J connectivity index is 0. The molecule has 0 bridgehead atoms. The smallest absolute Gasteiger partial charge is 0.870 e. The number of hydrogen-bond donors (Lipinski definition) is 0. The molecule has 0 spiro atoms. The summed E-state index contributed by atoms with van der Waals surface area (Å²) in [6, 6.07) is 0. The first-order chi connectivity index (χ1) is 15.1. The van der Waals surface area contributed by atoms with Crippen LogP contribution in [0.1, 0.15) is 66.7 Å². The van der Waals surface area contributed by atoms with Gasteiger partial charge in [0.05, 0.1) is 13.2 Å². The van der Waals surface area contributed by atoms with Crippen LogP contribution in [-0.4, -0.2) is 81.7 Å². The summed E-state index contributed by atoms with van der Waals surface area (Å²) in [5.41, 5.74) is 0. The average molecular weight is 612 g/mol. The van der Waals surface area contributed by atoms with Gasteiger partial charge in [-0.2, -0.15) is 0 Å². The Hall–Kier alpha value is 0.670. The van der Waals surface area contributed by atoms with E-state index in [1.807, 2.05) is 13.8 Å². The Labute approximate surface area is 249 Å². The summed E-state index contributed by atoms with van der Waals surface area (Å²) in [5.74, 6) is -0.175. The minimum atomic E-state index is -0.396. The fraction of sp³-hybridized carbons (Fsp3) is 0.870. The predicted molar refractivity (Wildman–Crippen MR) is 139 cm³/mol. The van der Waals surface area contributed by atoms with Crippen LogP contribution in [0.3, 0.4) is 0 Å². The summed E-state index contributed by atoms with van der Waals surface area (Å²) in [6.07, 6.45) is 5.83. The Bertz CT molecular complexity index is 643. The average Bonchev–Trinajstić information content (AvgIpc) is 3.23. The Morgan fingerprint density at radius 2 is 1.31 bits per heavy atom. The molecule has 4 aliphatic heterocycles. The fourth-order valence-electron chi connectivity index (χ4n) is 3.48.